The Morgan fingerprint density at radius 2 is 1.48 bits per heavy atom. The van der Waals surface area contributed by atoms with E-state index in [0.717, 1.165) is 11.1 Å². The number of nitrogens with one attached hydrogen (secondary N) is 1. The zero-order valence-electron chi connectivity index (χ0n) is 12.3. The number of phenols is 1. The molecule has 0 radical (unpaired) electrons. The van der Waals surface area contributed by atoms with Gasteiger partial charge >= 0.3 is 0 Å². The molecule has 4 nitrogen and oxygen atoms in total. The van der Waals surface area contributed by atoms with Crippen molar-refractivity contribution >= 4 is 0 Å². The van der Waals surface area contributed by atoms with Gasteiger partial charge in [0, 0.05) is 20.8 Å². The molecule has 0 aliphatic carbocycles. The fourth-order valence-electron chi connectivity index (χ4n) is 2.22. The van der Waals surface area contributed by atoms with Crippen LogP contribution in [0.5, 0.6) is 5.75 Å². The van der Waals surface area contributed by atoms with Crippen molar-refractivity contribution in [1.29, 1.82) is 0 Å². The van der Waals surface area contributed by atoms with Crippen molar-refractivity contribution in [1.82, 2.24) is 5.32 Å². The van der Waals surface area contributed by atoms with Crippen molar-refractivity contribution in [3.8, 4) is 5.75 Å². The Bertz CT molecular complexity index is 523. The summed E-state index contributed by atoms with van der Waals surface area (Å²) >= 11 is 0. The van der Waals surface area contributed by atoms with Crippen LogP contribution in [0.1, 0.15) is 17.2 Å². The summed E-state index contributed by atoms with van der Waals surface area (Å²) in [6.07, 6.45) is -0.298. The van der Waals surface area contributed by atoms with E-state index >= 15 is 0 Å². The first-order chi connectivity index (χ1) is 10.2. The smallest absolute Gasteiger partial charge is 0.169 e. The van der Waals surface area contributed by atoms with Gasteiger partial charge in [-0.25, -0.2) is 0 Å². The van der Waals surface area contributed by atoms with Crippen LogP contribution in [0.25, 0.3) is 0 Å². The van der Waals surface area contributed by atoms with Gasteiger partial charge in [-0.1, -0.05) is 42.5 Å². The molecule has 1 atom stereocenters. The van der Waals surface area contributed by atoms with E-state index in [2.05, 4.69) is 17.4 Å². The molecule has 0 bridgehead atoms. The van der Waals surface area contributed by atoms with E-state index in [4.69, 9.17) is 9.47 Å². The van der Waals surface area contributed by atoms with Crippen molar-refractivity contribution in [2.24, 2.45) is 0 Å². The summed E-state index contributed by atoms with van der Waals surface area (Å²) in [5, 5.41) is 12.9. The lowest BCUT2D eigenvalue weighted by molar-refractivity contribution is -0.0995. The maximum atomic E-state index is 9.44. The molecule has 4 heteroatoms. The Kier molecular flexibility index (Phi) is 5.75. The van der Waals surface area contributed by atoms with Crippen LogP contribution in [0.4, 0.5) is 0 Å². The van der Waals surface area contributed by atoms with E-state index in [1.54, 1.807) is 26.4 Å². The van der Waals surface area contributed by atoms with Crippen LogP contribution >= 0.6 is 0 Å². The van der Waals surface area contributed by atoms with E-state index in [0.29, 0.717) is 6.54 Å². The lowest BCUT2D eigenvalue weighted by Crippen LogP contribution is -2.33. The minimum absolute atomic E-state index is 0.0135. The summed E-state index contributed by atoms with van der Waals surface area (Å²) in [7, 11) is 3.24. The molecule has 2 rings (SSSR count). The first kappa shape index (κ1) is 15.5. The maximum absolute atomic E-state index is 9.44. The monoisotopic (exact) mass is 287 g/mol. The minimum atomic E-state index is -0.298. The molecule has 112 valence electrons. The minimum Gasteiger partial charge on any atom is -0.508 e. The Labute approximate surface area is 125 Å². The Hall–Kier alpha value is -1.88. The van der Waals surface area contributed by atoms with E-state index in [-0.39, 0.29) is 18.1 Å². The largest absolute Gasteiger partial charge is 0.508 e. The third kappa shape index (κ3) is 4.29. The number of hydrogen-bond acceptors (Lipinski definition) is 4. The molecule has 0 aliphatic heterocycles. The SMILES string of the molecule is COC(CNC(c1ccccc1)c1ccc(O)cc1)OC. The number of aromatic hydroxyl groups is 1. The number of methoxy groups -OCH3 is 2. The van der Waals surface area contributed by atoms with Crippen molar-refractivity contribution < 1.29 is 14.6 Å². The zero-order valence-corrected chi connectivity index (χ0v) is 12.3. The second-order valence-corrected chi connectivity index (χ2v) is 4.74. The normalized spacial score (nSPS) is 12.5. The van der Waals surface area contributed by atoms with Crippen LogP contribution in [0, 0.1) is 0 Å². The number of hydrogen-bond donors (Lipinski definition) is 2. The van der Waals surface area contributed by atoms with Crippen LogP contribution in [-0.4, -0.2) is 32.2 Å². The standard InChI is InChI=1S/C17H21NO3/c1-20-16(21-2)12-18-17(13-6-4-3-5-7-13)14-8-10-15(19)11-9-14/h3-11,16-19H,12H2,1-2H3. The average Bonchev–Trinajstić information content (AvgIpc) is 2.54. The van der Waals surface area contributed by atoms with Crippen LogP contribution in [-0.2, 0) is 9.47 Å². The fraction of sp³-hybridized carbons (Fsp3) is 0.294. The molecule has 2 aromatic carbocycles. The molecular formula is C17H21NO3. The van der Waals surface area contributed by atoms with Crippen LogP contribution < -0.4 is 5.32 Å². The van der Waals surface area contributed by atoms with Crippen molar-refractivity contribution in [3.05, 3.63) is 65.7 Å². The predicted octanol–water partition coefficient (Wildman–Crippen LogP) is 2.69. The van der Waals surface area contributed by atoms with Gasteiger partial charge < -0.3 is 19.9 Å². The molecule has 0 amide bonds. The summed E-state index contributed by atoms with van der Waals surface area (Å²) < 4.78 is 10.4. The summed E-state index contributed by atoms with van der Waals surface area (Å²) in [6, 6.07) is 17.4. The second-order valence-electron chi connectivity index (χ2n) is 4.74. The lowest BCUT2D eigenvalue weighted by Gasteiger charge is -2.22. The molecule has 0 aromatic heterocycles. The molecule has 0 aliphatic rings. The summed E-state index contributed by atoms with van der Waals surface area (Å²) in [5.74, 6) is 0.261. The first-order valence-electron chi connectivity index (χ1n) is 6.87. The van der Waals surface area contributed by atoms with E-state index < -0.39 is 0 Å². The number of benzene rings is 2. The van der Waals surface area contributed by atoms with Gasteiger partial charge in [-0.3, -0.25) is 0 Å². The zero-order chi connectivity index (χ0) is 15.1. The van der Waals surface area contributed by atoms with Gasteiger partial charge in [0.25, 0.3) is 0 Å². The van der Waals surface area contributed by atoms with Gasteiger partial charge in [-0.2, -0.15) is 0 Å². The molecule has 21 heavy (non-hydrogen) atoms. The Balaban J connectivity index is 2.20. The van der Waals surface area contributed by atoms with Gasteiger partial charge in [0.05, 0.1) is 6.04 Å². The van der Waals surface area contributed by atoms with Crippen LogP contribution in [0.15, 0.2) is 54.6 Å². The molecule has 0 spiro atoms. The maximum Gasteiger partial charge on any atom is 0.169 e. The van der Waals surface area contributed by atoms with Crippen molar-refractivity contribution in [3.63, 3.8) is 0 Å². The molecule has 2 N–H and O–H groups in total. The van der Waals surface area contributed by atoms with Crippen LogP contribution in [0.3, 0.4) is 0 Å². The molecule has 2 aromatic rings. The van der Waals surface area contributed by atoms with Gasteiger partial charge in [0.1, 0.15) is 5.75 Å². The molecule has 0 saturated heterocycles. The quantitative estimate of drug-likeness (QED) is 0.769. The van der Waals surface area contributed by atoms with E-state index in [1.165, 1.54) is 0 Å². The number of rotatable bonds is 7. The highest BCUT2D eigenvalue weighted by molar-refractivity contribution is 5.34. The molecular weight excluding hydrogens is 266 g/mol. The third-order valence-corrected chi connectivity index (χ3v) is 3.37. The lowest BCUT2D eigenvalue weighted by atomic mass is 9.98. The van der Waals surface area contributed by atoms with Crippen LogP contribution in [0.2, 0.25) is 0 Å². The van der Waals surface area contributed by atoms with Gasteiger partial charge in [0.15, 0.2) is 6.29 Å². The van der Waals surface area contributed by atoms with Gasteiger partial charge in [-0.15, -0.1) is 0 Å². The summed E-state index contributed by atoms with van der Waals surface area (Å²) in [4.78, 5) is 0. The van der Waals surface area contributed by atoms with Gasteiger partial charge in [-0.05, 0) is 23.3 Å². The fourth-order valence-corrected chi connectivity index (χ4v) is 2.22. The number of ether oxygens (including phenoxy) is 2. The average molecular weight is 287 g/mol. The van der Waals surface area contributed by atoms with Crippen molar-refractivity contribution in [2.45, 2.75) is 12.3 Å². The third-order valence-electron chi connectivity index (χ3n) is 3.37. The number of phenolic OH excluding ortho intramolecular Hbond substituents is 1. The molecule has 0 fully saturated rings. The highest BCUT2D eigenvalue weighted by Crippen LogP contribution is 2.23. The molecule has 0 heterocycles. The highest BCUT2D eigenvalue weighted by Gasteiger charge is 2.15. The van der Waals surface area contributed by atoms with Crippen molar-refractivity contribution in [2.75, 3.05) is 20.8 Å². The topological polar surface area (TPSA) is 50.7 Å². The molecule has 0 saturated carbocycles. The van der Waals surface area contributed by atoms with E-state index in [9.17, 15) is 5.11 Å². The first-order valence-corrected chi connectivity index (χ1v) is 6.87. The summed E-state index contributed by atoms with van der Waals surface area (Å²) in [6.45, 7) is 0.563. The predicted molar refractivity (Wildman–Crippen MR) is 82.2 cm³/mol. The summed E-state index contributed by atoms with van der Waals surface area (Å²) in [5.41, 5.74) is 2.22. The Morgan fingerprint density at radius 3 is 2.05 bits per heavy atom. The Morgan fingerprint density at radius 1 is 0.905 bits per heavy atom. The van der Waals surface area contributed by atoms with E-state index in [1.807, 2.05) is 30.3 Å². The molecule has 1 unspecified atom stereocenters. The van der Waals surface area contributed by atoms with Gasteiger partial charge in [0.2, 0.25) is 0 Å². The highest BCUT2D eigenvalue weighted by atomic mass is 16.7. The second kappa shape index (κ2) is 7.78.